The maximum atomic E-state index is 11.4. The largest absolute Gasteiger partial charge is 0.354 e. The van der Waals surface area contributed by atoms with Gasteiger partial charge in [0.05, 0.1) is 5.66 Å². The molecule has 0 aromatic carbocycles. The number of hydrazine groups is 1. The van der Waals surface area contributed by atoms with Gasteiger partial charge in [-0.1, -0.05) is 0 Å². The van der Waals surface area contributed by atoms with Gasteiger partial charge in [0.2, 0.25) is 5.91 Å². The van der Waals surface area contributed by atoms with E-state index >= 15 is 0 Å². The minimum Gasteiger partial charge on any atom is -0.354 e. The van der Waals surface area contributed by atoms with Gasteiger partial charge in [0.25, 0.3) is 0 Å². The van der Waals surface area contributed by atoms with Gasteiger partial charge in [-0.25, -0.2) is 10.9 Å². The molecule has 0 aromatic rings. The molecular weight excluding hydrogens is 194 g/mol. The molecule has 0 spiro atoms. The summed E-state index contributed by atoms with van der Waals surface area (Å²) in [6.07, 6.45) is 3.37. The average Bonchev–Trinajstić information content (AvgIpc) is 2.91. The summed E-state index contributed by atoms with van der Waals surface area (Å²) in [6, 6.07) is 0.0793. The first kappa shape index (κ1) is 12.1. The van der Waals surface area contributed by atoms with Gasteiger partial charge in [0.1, 0.15) is 6.29 Å². The van der Waals surface area contributed by atoms with E-state index in [0.717, 1.165) is 12.7 Å². The van der Waals surface area contributed by atoms with Crippen molar-refractivity contribution in [1.82, 2.24) is 16.2 Å². The Morgan fingerprint density at radius 3 is 2.73 bits per heavy atom. The Hall–Kier alpha value is -0.940. The Labute approximate surface area is 90.0 Å². The summed E-state index contributed by atoms with van der Waals surface area (Å²) in [7, 11) is 0. The molecule has 1 rings (SSSR count). The molecule has 5 nitrogen and oxygen atoms in total. The number of carbonyl (C=O) groups excluding carboxylic acids is 2. The Morgan fingerprint density at radius 2 is 2.20 bits per heavy atom. The molecule has 1 saturated heterocycles. The molecule has 1 atom stereocenters. The maximum absolute atomic E-state index is 11.4. The molecule has 1 fully saturated rings. The Morgan fingerprint density at radius 1 is 1.53 bits per heavy atom. The van der Waals surface area contributed by atoms with Crippen molar-refractivity contribution in [2.75, 3.05) is 0 Å². The van der Waals surface area contributed by atoms with Crippen molar-refractivity contribution in [2.24, 2.45) is 0 Å². The molecule has 0 radical (unpaired) electrons. The fourth-order valence-electron chi connectivity index (χ4n) is 1.33. The van der Waals surface area contributed by atoms with Gasteiger partial charge in [-0.05, 0) is 26.7 Å². The molecule has 0 aliphatic carbocycles. The smallest absolute Gasteiger partial charge is 0.220 e. The summed E-state index contributed by atoms with van der Waals surface area (Å²) < 4.78 is 0. The lowest BCUT2D eigenvalue weighted by molar-refractivity contribution is -0.122. The van der Waals surface area contributed by atoms with E-state index in [9.17, 15) is 9.59 Å². The van der Waals surface area contributed by atoms with Crippen LogP contribution in [0.15, 0.2) is 0 Å². The minimum absolute atomic E-state index is 0.0464. The second-order valence-corrected chi connectivity index (χ2v) is 4.29. The zero-order valence-corrected chi connectivity index (χ0v) is 9.30. The first-order chi connectivity index (χ1) is 7.06. The van der Waals surface area contributed by atoms with E-state index in [0.29, 0.717) is 19.3 Å². The lowest BCUT2D eigenvalue weighted by atomic mass is 10.1. The summed E-state index contributed by atoms with van der Waals surface area (Å²) in [5.74, 6) is 0.0464. The zero-order valence-electron chi connectivity index (χ0n) is 9.30. The van der Waals surface area contributed by atoms with Crippen LogP contribution in [0, 0.1) is 0 Å². The number of aldehydes is 1. The van der Waals surface area contributed by atoms with E-state index < -0.39 is 0 Å². The van der Waals surface area contributed by atoms with Crippen molar-refractivity contribution >= 4 is 12.2 Å². The summed E-state index contributed by atoms with van der Waals surface area (Å²) in [5, 5.41) is 2.86. The van der Waals surface area contributed by atoms with E-state index in [1.165, 1.54) is 0 Å². The molecule has 0 bridgehead atoms. The van der Waals surface area contributed by atoms with E-state index in [-0.39, 0.29) is 17.6 Å². The normalized spacial score (nSPS) is 19.3. The fourth-order valence-corrected chi connectivity index (χ4v) is 1.33. The van der Waals surface area contributed by atoms with Gasteiger partial charge in [-0.2, -0.15) is 0 Å². The molecular formula is C10H19N3O2. The first-order valence-corrected chi connectivity index (χ1v) is 5.33. The van der Waals surface area contributed by atoms with E-state index in [2.05, 4.69) is 16.2 Å². The molecule has 3 N–H and O–H groups in total. The van der Waals surface area contributed by atoms with Gasteiger partial charge >= 0.3 is 0 Å². The van der Waals surface area contributed by atoms with Crippen LogP contribution in [0.5, 0.6) is 0 Å². The molecule has 1 aliphatic heterocycles. The average molecular weight is 213 g/mol. The van der Waals surface area contributed by atoms with Crippen LogP contribution >= 0.6 is 0 Å². The zero-order chi connectivity index (χ0) is 11.3. The number of amides is 1. The highest BCUT2D eigenvalue weighted by Crippen LogP contribution is 2.15. The molecule has 1 amide bonds. The predicted octanol–water partition coefficient (Wildman–Crippen LogP) is 0.0744. The molecule has 1 aliphatic rings. The van der Waals surface area contributed by atoms with Crippen LogP contribution in [0.1, 0.15) is 39.5 Å². The Bertz CT molecular complexity index is 239. The van der Waals surface area contributed by atoms with Crippen LogP contribution in [0.4, 0.5) is 0 Å². The molecule has 1 unspecified atom stereocenters. The number of nitrogens with one attached hydrogen (secondary N) is 3. The fraction of sp³-hybridized carbons (Fsp3) is 0.800. The van der Waals surface area contributed by atoms with Crippen molar-refractivity contribution in [3.05, 3.63) is 0 Å². The SMILES string of the molecule is CC(CCC=O)NC(=O)CCC1(C)NN1. The molecule has 5 heteroatoms. The predicted molar refractivity (Wildman–Crippen MR) is 56.8 cm³/mol. The highest BCUT2D eigenvalue weighted by Gasteiger charge is 2.35. The van der Waals surface area contributed by atoms with Crippen LogP contribution in [0.2, 0.25) is 0 Å². The lowest BCUT2D eigenvalue weighted by Gasteiger charge is -2.12. The van der Waals surface area contributed by atoms with Gasteiger partial charge in [0.15, 0.2) is 0 Å². The summed E-state index contributed by atoms with van der Waals surface area (Å²) in [6.45, 7) is 3.92. The van der Waals surface area contributed by atoms with Crippen LogP contribution in [-0.2, 0) is 9.59 Å². The highest BCUT2D eigenvalue weighted by atomic mass is 16.1. The number of hydrogen-bond donors (Lipinski definition) is 3. The van der Waals surface area contributed by atoms with E-state index in [4.69, 9.17) is 0 Å². The number of hydrogen-bond acceptors (Lipinski definition) is 4. The van der Waals surface area contributed by atoms with Gasteiger partial charge in [0, 0.05) is 18.9 Å². The van der Waals surface area contributed by atoms with Crippen molar-refractivity contribution in [3.8, 4) is 0 Å². The van der Waals surface area contributed by atoms with Gasteiger partial charge in [-0.3, -0.25) is 4.79 Å². The molecule has 1 heterocycles. The van der Waals surface area contributed by atoms with Crippen molar-refractivity contribution in [3.63, 3.8) is 0 Å². The maximum Gasteiger partial charge on any atom is 0.220 e. The molecule has 0 saturated carbocycles. The summed E-state index contributed by atoms with van der Waals surface area (Å²) >= 11 is 0. The third kappa shape index (κ3) is 4.90. The number of carbonyl (C=O) groups is 2. The first-order valence-electron chi connectivity index (χ1n) is 5.33. The summed E-state index contributed by atoms with van der Waals surface area (Å²) in [5.41, 5.74) is 5.90. The van der Waals surface area contributed by atoms with Crippen LogP contribution in [-0.4, -0.2) is 23.9 Å². The summed E-state index contributed by atoms with van der Waals surface area (Å²) in [4.78, 5) is 21.6. The monoisotopic (exact) mass is 213 g/mol. The van der Waals surface area contributed by atoms with Gasteiger partial charge < -0.3 is 10.1 Å². The van der Waals surface area contributed by atoms with Crippen molar-refractivity contribution in [1.29, 1.82) is 0 Å². The standard InChI is InChI=1S/C10H19N3O2/c1-8(4-3-7-14)11-9(15)5-6-10(2)12-13-10/h7-8,12-13H,3-6H2,1-2H3,(H,11,15). The highest BCUT2D eigenvalue weighted by molar-refractivity contribution is 5.76. The molecule has 15 heavy (non-hydrogen) atoms. The Balaban J connectivity index is 2.09. The third-order valence-corrected chi connectivity index (χ3v) is 2.53. The minimum atomic E-state index is -0.0522. The van der Waals surface area contributed by atoms with Crippen LogP contribution in [0.25, 0.3) is 0 Å². The van der Waals surface area contributed by atoms with E-state index in [1.54, 1.807) is 0 Å². The topological polar surface area (TPSA) is 90.0 Å². The van der Waals surface area contributed by atoms with Crippen molar-refractivity contribution in [2.45, 2.75) is 51.2 Å². The quantitative estimate of drug-likeness (QED) is 0.412. The van der Waals surface area contributed by atoms with Crippen LogP contribution in [0.3, 0.4) is 0 Å². The second-order valence-electron chi connectivity index (χ2n) is 4.29. The Kier molecular flexibility index (Phi) is 4.23. The molecule has 0 aromatic heterocycles. The second kappa shape index (κ2) is 5.23. The van der Waals surface area contributed by atoms with Gasteiger partial charge in [-0.15, -0.1) is 0 Å². The van der Waals surface area contributed by atoms with Crippen molar-refractivity contribution < 1.29 is 9.59 Å². The third-order valence-electron chi connectivity index (χ3n) is 2.53. The molecule has 86 valence electrons. The van der Waals surface area contributed by atoms with Crippen LogP contribution < -0.4 is 16.2 Å². The number of rotatable bonds is 7. The van der Waals surface area contributed by atoms with E-state index in [1.807, 2.05) is 13.8 Å². The lowest BCUT2D eigenvalue weighted by Crippen LogP contribution is -2.33.